The number of carbonyl (C=O) groups excluding carboxylic acids is 1. The van der Waals surface area contributed by atoms with E-state index in [1.165, 1.54) is 0 Å². The zero-order valence-electron chi connectivity index (χ0n) is 13.4. The Labute approximate surface area is 146 Å². The Bertz CT molecular complexity index is 739. The van der Waals surface area contributed by atoms with Crippen molar-refractivity contribution >= 4 is 17.5 Å². The molecule has 0 radical (unpaired) electrons. The number of carbonyl (C=O) groups is 1. The molecule has 1 saturated carbocycles. The number of hydrogen-bond donors (Lipinski definition) is 0. The largest absolute Gasteiger partial charge is 0.337 e. The van der Waals surface area contributed by atoms with Gasteiger partial charge in [-0.15, -0.1) is 0 Å². The topological polar surface area (TPSA) is 59.2 Å². The van der Waals surface area contributed by atoms with Crippen molar-refractivity contribution in [2.45, 2.75) is 44.6 Å². The second-order valence-electron chi connectivity index (χ2n) is 6.64. The molecular weight excluding hydrogens is 326 g/mol. The van der Waals surface area contributed by atoms with Gasteiger partial charge in [-0.1, -0.05) is 41.7 Å². The van der Waals surface area contributed by atoms with Crippen molar-refractivity contribution in [3.05, 3.63) is 35.2 Å². The molecule has 4 rings (SSSR count). The van der Waals surface area contributed by atoms with Crippen LogP contribution in [0.25, 0.3) is 11.4 Å². The lowest BCUT2D eigenvalue weighted by Gasteiger charge is -2.24. The van der Waals surface area contributed by atoms with Crippen molar-refractivity contribution in [2.24, 2.45) is 5.92 Å². The minimum absolute atomic E-state index is 0.0847. The van der Waals surface area contributed by atoms with Gasteiger partial charge in [0.2, 0.25) is 17.6 Å². The average molecular weight is 346 g/mol. The van der Waals surface area contributed by atoms with E-state index >= 15 is 0 Å². The van der Waals surface area contributed by atoms with E-state index in [4.69, 9.17) is 16.1 Å². The highest BCUT2D eigenvalue weighted by Gasteiger charge is 2.37. The summed E-state index contributed by atoms with van der Waals surface area (Å²) in [5.41, 5.74) is 0.823. The normalized spacial score (nSPS) is 21.5. The molecule has 2 heterocycles. The standard InChI is InChI=1S/C18H20ClN3O2/c19-14-8-3-7-13(11-14)16-20-17(24-21-16)15-9-4-10-22(15)18(23)12-5-1-2-6-12/h3,7-8,11-12,15H,1-2,4-6,9-10H2. The summed E-state index contributed by atoms with van der Waals surface area (Å²) in [5, 5.41) is 4.72. The summed E-state index contributed by atoms with van der Waals surface area (Å²) in [4.78, 5) is 19.3. The van der Waals surface area contributed by atoms with Gasteiger partial charge in [-0.2, -0.15) is 4.98 Å². The second kappa shape index (κ2) is 6.55. The van der Waals surface area contributed by atoms with Gasteiger partial charge >= 0.3 is 0 Å². The number of aromatic nitrogens is 2. The number of halogens is 1. The zero-order valence-corrected chi connectivity index (χ0v) is 14.2. The van der Waals surface area contributed by atoms with Gasteiger partial charge in [-0.3, -0.25) is 4.79 Å². The van der Waals surface area contributed by atoms with Crippen molar-refractivity contribution < 1.29 is 9.32 Å². The third-order valence-electron chi connectivity index (χ3n) is 5.05. The van der Waals surface area contributed by atoms with E-state index in [9.17, 15) is 4.79 Å². The lowest BCUT2D eigenvalue weighted by atomic mass is 10.1. The molecule has 24 heavy (non-hydrogen) atoms. The predicted octanol–water partition coefficient (Wildman–Crippen LogP) is 4.24. The molecule has 0 N–H and O–H groups in total. The van der Waals surface area contributed by atoms with E-state index in [0.717, 1.165) is 50.6 Å². The van der Waals surface area contributed by atoms with Crippen molar-refractivity contribution in [3.8, 4) is 11.4 Å². The van der Waals surface area contributed by atoms with E-state index in [-0.39, 0.29) is 17.9 Å². The molecular formula is C18H20ClN3O2. The van der Waals surface area contributed by atoms with Crippen molar-refractivity contribution in [1.29, 1.82) is 0 Å². The molecule has 1 aliphatic heterocycles. The van der Waals surface area contributed by atoms with Crippen molar-refractivity contribution in [3.63, 3.8) is 0 Å². The highest BCUT2D eigenvalue weighted by atomic mass is 35.5. The monoisotopic (exact) mass is 345 g/mol. The first-order chi connectivity index (χ1) is 11.7. The summed E-state index contributed by atoms with van der Waals surface area (Å²) in [6.45, 7) is 0.787. The summed E-state index contributed by atoms with van der Waals surface area (Å²) >= 11 is 6.03. The Kier molecular flexibility index (Phi) is 4.27. The van der Waals surface area contributed by atoms with Crippen molar-refractivity contribution in [2.75, 3.05) is 6.54 Å². The van der Waals surface area contributed by atoms with Crippen LogP contribution in [0.2, 0.25) is 5.02 Å². The van der Waals surface area contributed by atoms with Crippen LogP contribution in [0.3, 0.4) is 0 Å². The Morgan fingerprint density at radius 3 is 2.83 bits per heavy atom. The second-order valence-corrected chi connectivity index (χ2v) is 7.07. The first kappa shape index (κ1) is 15.6. The summed E-state index contributed by atoms with van der Waals surface area (Å²) in [7, 11) is 0. The average Bonchev–Trinajstić information content (AvgIpc) is 3.33. The van der Waals surface area contributed by atoms with E-state index in [1.807, 2.05) is 29.2 Å². The van der Waals surface area contributed by atoms with Crippen LogP contribution in [0.15, 0.2) is 28.8 Å². The van der Waals surface area contributed by atoms with E-state index in [2.05, 4.69) is 10.1 Å². The third-order valence-corrected chi connectivity index (χ3v) is 5.29. The Morgan fingerprint density at radius 2 is 2.04 bits per heavy atom. The predicted molar refractivity (Wildman–Crippen MR) is 90.4 cm³/mol. The lowest BCUT2D eigenvalue weighted by Crippen LogP contribution is -2.35. The molecule has 1 saturated heterocycles. The van der Waals surface area contributed by atoms with E-state index in [1.54, 1.807) is 0 Å². The van der Waals surface area contributed by atoms with Crippen molar-refractivity contribution in [1.82, 2.24) is 15.0 Å². The molecule has 1 aromatic carbocycles. The maximum atomic E-state index is 12.8. The number of rotatable bonds is 3. The minimum Gasteiger partial charge on any atom is -0.337 e. The maximum Gasteiger partial charge on any atom is 0.249 e. The number of benzene rings is 1. The van der Waals surface area contributed by atoms with Gasteiger partial charge in [-0.05, 0) is 37.8 Å². The summed E-state index contributed by atoms with van der Waals surface area (Å²) in [5.74, 6) is 1.50. The fourth-order valence-corrected chi connectivity index (χ4v) is 4.00. The quantitative estimate of drug-likeness (QED) is 0.834. The van der Waals surface area contributed by atoms with Crippen LogP contribution >= 0.6 is 11.6 Å². The molecule has 2 aromatic rings. The van der Waals surface area contributed by atoms with Crippen LogP contribution in [0.5, 0.6) is 0 Å². The van der Waals surface area contributed by atoms with Gasteiger partial charge in [0, 0.05) is 23.0 Å². The molecule has 2 aliphatic rings. The first-order valence-electron chi connectivity index (χ1n) is 8.62. The molecule has 1 amide bonds. The maximum absolute atomic E-state index is 12.8. The van der Waals surface area contributed by atoms with Gasteiger partial charge in [-0.25, -0.2) is 0 Å². The molecule has 6 heteroatoms. The molecule has 5 nitrogen and oxygen atoms in total. The van der Waals surface area contributed by atoms with Crippen LogP contribution in [-0.4, -0.2) is 27.5 Å². The molecule has 0 spiro atoms. The van der Waals surface area contributed by atoms with E-state index < -0.39 is 0 Å². The third kappa shape index (κ3) is 2.93. The van der Waals surface area contributed by atoms with Gasteiger partial charge in [0.25, 0.3) is 0 Å². The number of hydrogen-bond acceptors (Lipinski definition) is 4. The number of nitrogens with zero attached hydrogens (tertiary/aromatic N) is 3. The Hall–Kier alpha value is -1.88. The Balaban J connectivity index is 1.55. The highest BCUT2D eigenvalue weighted by molar-refractivity contribution is 6.30. The molecule has 1 atom stereocenters. The van der Waals surface area contributed by atoms with Crippen LogP contribution in [-0.2, 0) is 4.79 Å². The summed E-state index contributed by atoms with van der Waals surface area (Å²) < 4.78 is 5.49. The smallest absolute Gasteiger partial charge is 0.249 e. The van der Waals surface area contributed by atoms with Crippen LogP contribution < -0.4 is 0 Å². The number of likely N-dealkylation sites (tertiary alicyclic amines) is 1. The Morgan fingerprint density at radius 1 is 1.21 bits per heavy atom. The fourth-order valence-electron chi connectivity index (χ4n) is 3.81. The van der Waals surface area contributed by atoms with E-state index in [0.29, 0.717) is 16.7 Å². The highest BCUT2D eigenvalue weighted by Crippen LogP contribution is 2.36. The van der Waals surface area contributed by atoms with Crippen LogP contribution in [0.1, 0.15) is 50.5 Å². The molecule has 2 fully saturated rings. The first-order valence-corrected chi connectivity index (χ1v) is 9.00. The molecule has 1 aromatic heterocycles. The summed E-state index contributed by atoms with van der Waals surface area (Å²) in [6.07, 6.45) is 6.22. The molecule has 1 aliphatic carbocycles. The SMILES string of the molecule is O=C(C1CCCC1)N1CCCC1c1nc(-c2cccc(Cl)c2)no1. The van der Waals surface area contributed by atoms with Gasteiger partial charge in [0.15, 0.2) is 0 Å². The van der Waals surface area contributed by atoms with Gasteiger partial charge in [0.1, 0.15) is 6.04 Å². The fraction of sp³-hybridized carbons (Fsp3) is 0.500. The molecule has 126 valence electrons. The number of amides is 1. The van der Waals surface area contributed by atoms with Crippen LogP contribution in [0, 0.1) is 5.92 Å². The zero-order chi connectivity index (χ0) is 16.5. The van der Waals surface area contributed by atoms with Gasteiger partial charge in [0.05, 0.1) is 0 Å². The van der Waals surface area contributed by atoms with Gasteiger partial charge < -0.3 is 9.42 Å². The molecule has 1 unspecified atom stereocenters. The van der Waals surface area contributed by atoms with Crippen LogP contribution in [0.4, 0.5) is 0 Å². The molecule has 0 bridgehead atoms. The summed E-state index contributed by atoms with van der Waals surface area (Å²) in [6, 6.07) is 7.30. The minimum atomic E-state index is -0.0847. The lowest BCUT2D eigenvalue weighted by molar-refractivity contribution is -0.136.